The monoisotopic (exact) mass is 371 g/mol. The lowest BCUT2D eigenvalue weighted by Gasteiger charge is -2.19. The average molecular weight is 371 g/mol. The summed E-state index contributed by atoms with van der Waals surface area (Å²) in [6.07, 6.45) is 0. The Bertz CT molecular complexity index is 271. The number of hydrogen-bond donors (Lipinski definition) is 0. The van der Waals surface area contributed by atoms with Gasteiger partial charge in [0.1, 0.15) is 0 Å². The zero-order chi connectivity index (χ0) is 18.4. The van der Waals surface area contributed by atoms with Crippen LogP contribution in [0, 0.1) is 0 Å². The molecule has 0 aliphatic heterocycles. The highest BCUT2D eigenvalue weighted by atomic mass is 17.2. The van der Waals surface area contributed by atoms with E-state index in [0.29, 0.717) is 0 Å². The minimum absolute atomic E-state index is 0.0342. The highest BCUT2D eigenvalue weighted by Crippen LogP contribution is 1.96. The van der Waals surface area contributed by atoms with E-state index in [1.807, 2.05) is 0 Å². The molecule has 0 aliphatic carbocycles. The van der Waals surface area contributed by atoms with E-state index in [1.54, 1.807) is 0 Å². The molecule has 0 aromatic rings. The fraction of sp³-hybridized carbons (Fsp3) is 0.750. The van der Waals surface area contributed by atoms with Crippen molar-refractivity contribution in [1.29, 1.82) is 0 Å². The van der Waals surface area contributed by atoms with E-state index in [4.69, 9.17) is 28.7 Å². The van der Waals surface area contributed by atoms with Gasteiger partial charge in [0.15, 0.2) is 20.4 Å². The molecular weight excluding hydrogens is 350 g/mol. The number of ether oxygens (including phenoxy) is 6. The summed E-state index contributed by atoms with van der Waals surface area (Å²) in [7, 11) is 0. The Morgan fingerprint density at radius 1 is 0.520 bits per heavy atom. The summed E-state index contributed by atoms with van der Waals surface area (Å²) in [5, 5.41) is 0.720. The molecule has 0 radical (unpaired) electrons. The number of carbonyl (C=O) groups is 3. The van der Waals surface area contributed by atoms with Crippen LogP contribution in [0.2, 0.25) is 0 Å². The van der Waals surface area contributed by atoms with Crippen molar-refractivity contribution in [1.82, 2.24) is 5.39 Å². The van der Waals surface area contributed by atoms with Crippen molar-refractivity contribution in [2.24, 2.45) is 0 Å². The maximum absolute atomic E-state index is 9.91. The van der Waals surface area contributed by atoms with Gasteiger partial charge < -0.3 is 28.4 Å². The molecule has 0 saturated heterocycles. The van der Waals surface area contributed by atoms with Crippen molar-refractivity contribution in [2.75, 3.05) is 60.0 Å². The smallest absolute Gasteiger partial charge is 0.295 e. The molecule has 0 fully saturated rings. The molecule has 0 saturated carbocycles. The van der Waals surface area contributed by atoms with Gasteiger partial charge in [0, 0.05) is 0 Å². The van der Waals surface area contributed by atoms with Gasteiger partial charge in [0.2, 0.25) is 0 Å². The van der Waals surface area contributed by atoms with E-state index in [0.717, 1.165) is 5.39 Å². The van der Waals surface area contributed by atoms with E-state index in [9.17, 15) is 14.4 Å². The van der Waals surface area contributed by atoms with Crippen LogP contribution in [0.15, 0.2) is 0 Å². The van der Waals surface area contributed by atoms with Crippen molar-refractivity contribution >= 4 is 19.4 Å². The fourth-order valence-corrected chi connectivity index (χ4v) is 1.03. The van der Waals surface area contributed by atoms with Crippen LogP contribution in [0.3, 0.4) is 0 Å². The lowest BCUT2D eigenvalue weighted by Crippen LogP contribution is -2.30. The molecular formula is C12H21NO12. The molecule has 0 aromatic carbocycles. The van der Waals surface area contributed by atoms with Gasteiger partial charge in [-0.15, -0.1) is 0 Å². The highest BCUT2D eigenvalue weighted by Gasteiger charge is 2.08. The second kappa shape index (κ2) is 20.2. The zero-order valence-corrected chi connectivity index (χ0v) is 13.4. The molecule has 0 atom stereocenters. The zero-order valence-electron chi connectivity index (χ0n) is 13.4. The van der Waals surface area contributed by atoms with Gasteiger partial charge in [-0.25, -0.2) is 14.5 Å². The number of hydrogen-bond acceptors (Lipinski definition) is 13. The predicted molar refractivity (Wildman–Crippen MR) is 73.6 cm³/mol. The molecule has 0 amide bonds. The van der Waals surface area contributed by atoms with E-state index >= 15 is 0 Å². The molecule has 0 rings (SSSR count). The molecule has 0 unspecified atom stereocenters. The second-order valence-electron chi connectivity index (χ2n) is 3.59. The molecule has 0 aromatic heterocycles. The van der Waals surface area contributed by atoms with Gasteiger partial charge >= 0.3 is 0 Å². The van der Waals surface area contributed by atoms with Crippen molar-refractivity contribution in [2.45, 2.75) is 0 Å². The van der Waals surface area contributed by atoms with Crippen LogP contribution in [-0.2, 0) is 57.3 Å². The molecule has 13 nitrogen and oxygen atoms in total. The quantitative estimate of drug-likeness (QED) is 0.0763. The maximum atomic E-state index is 9.91. The Morgan fingerprint density at radius 2 is 0.840 bits per heavy atom. The number of carbonyl (C=O) groups excluding carboxylic acids is 3. The maximum Gasteiger partial charge on any atom is 0.295 e. The van der Waals surface area contributed by atoms with Crippen LogP contribution in [0.5, 0.6) is 0 Å². The summed E-state index contributed by atoms with van der Waals surface area (Å²) >= 11 is 0. The summed E-state index contributed by atoms with van der Waals surface area (Å²) in [6.45, 7) is 0.549. The average Bonchev–Trinajstić information content (AvgIpc) is 2.63. The summed E-state index contributed by atoms with van der Waals surface area (Å²) in [5.41, 5.74) is 0. The minimum Gasteiger partial charge on any atom is -0.441 e. The van der Waals surface area contributed by atoms with Crippen molar-refractivity contribution in [3.8, 4) is 0 Å². The first-order chi connectivity index (χ1) is 12.3. The third kappa shape index (κ3) is 18.3. The predicted octanol–water partition coefficient (Wildman–Crippen LogP) is -1.48. The SMILES string of the molecule is O=COCOCCON(OCCOCOC=O)OCCOCOC=O. The molecule has 0 heterocycles. The van der Waals surface area contributed by atoms with Gasteiger partial charge in [-0.3, -0.25) is 14.4 Å². The van der Waals surface area contributed by atoms with Crippen LogP contribution in [0.4, 0.5) is 0 Å². The van der Waals surface area contributed by atoms with Gasteiger partial charge in [0.25, 0.3) is 19.4 Å². The normalized spacial score (nSPS) is 10.4. The first kappa shape index (κ1) is 23.1. The third-order valence-corrected chi connectivity index (χ3v) is 1.93. The van der Waals surface area contributed by atoms with Crippen LogP contribution in [-0.4, -0.2) is 84.8 Å². The summed E-state index contributed by atoms with van der Waals surface area (Å²) in [6, 6.07) is 0. The van der Waals surface area contributed by atoms with Gasteiger partial charge in [-0.05, 0) is 0 Å². The van der Waals surface area contributed by atoms with E-state index in [-0.39, 0.29) is 79.4 Å². The molecule has 0 spiro atoms. The molecule has 25 heavy (non-hydrogen) atoms. The molecule has 0 bridgehead atoms. The largest absolute Gasteiger partial charge is 0.441 e. The van der Waals surface area contributed by atoms with E-state index in [1.165, 1.54) is 0 Å². The van der Waals surface area contributed by atoms with Crippen LogP contribution in [0.25, 0.3) is 0 Å². The Balaban J connectivity index is 3.81. The number of nitrogens with zero attached hydrogens (tertiary/aromatic N) is 1. The highest BCUT2D eigenvalue weighted by molar-refractivity contribution is 5.37. The van der Waals surface area contributed by atoms with Crippen LogP contribution in [0.1, 0.15) is 0 Å². The first-order valence-corrected chi connectivity index (χ1v) is 6.93. The Hall–Kier alpha value is -1.87. The van der Waals surface area contributed by atoms with Gasteiger partial charge in [-0.2, -0.15) is 0 Å². The van der Waals surface area contributed by atoms with Crippen molar-refractivity contribution in [3.63, 3.8) is 0 Å². The standard InChI is InChI=1S/C12H21NO12/c14-7-20-10-17-1-4-23-13(24-5-2-18-11-21-8-15)25-6-3-19-12-22-9-16/h7-9H,1-6,10-12H2. The molecule has 0 aliphatic rings. The molecule has 0 N–H and O–H groups in total. The van der Waals surface area contributed by atoms with E-state index in [2.05, 4.69) is 14.2 Å². The van der Waals surface area contributed by atoms with Gasteiger partial charge in [-0.1, -0.05) is 0 Å². The summed E-state index contributed by atoms with van der Waals surface area (Å²) in [5.74, 6) is 0. The fourth-order valence-electron chi connectivity index (χ4n) is 1.03. The van der Waals surface area contributed by atoms with Crippen LogP contribution >= 0.6 is 0 Å². The molecule has 146 valence electrons. The summed E-state index contributed by atoms with van der Waals surface area (Å²) in [4.78, 5) is 45.1. The lowest BCUT2D eigenvalue weighted by atomic mass is 10.8. The van der Waals surface area contributed by atoms with Crippen molar-refractivity contribution < 1.29 is 57.3 Å². The van der Waals surface area contributed by atoms with E-state index < -0.39 is 0 Å². The lowest BCUT2D eigenvalue weighted by molar-refractivity contribution is -0.528. The third-order valence-electron chi connectivity index (χ3n) is 1.93. The molecule has 13 heteroatoms. The Morgan fingerprint density at radius 3 is 1.12 bits per heavy atom. The number of rotatable bonds is 21. The topological polar surface area (TPSA) is 138 Å². The van der Waals surface area contributed by atoms with Crippen LogP contribution < -0.4 is 0 Å². The van der Waals surface area contributed by atoms with Crippen molar-refractivity contribution in [3.05, 3.63) is 0 Å². The Kier molecular flexibility index (Phi) is 18.7. The minimum atomic E-state index is -0.205. The second-order valence-corrected chi connectivity index (χ2v) is 3.59. The first-order valence-electron chi connectivity index (χ1n) is 6.93. The summed E-state index contributed by atoms with van der Waals surface area (Å²) < 4.78 is 27.7. The van der Waals surface area contributed by atoms with Gasteiger partial charge in [0.05, 0.1) is 45.0 Å². The Labute approximate surface area is 143 Å².